The molecule has 1 aromatic rings. The molecule has 0 fully saturated rings. The van der Waals surface area contributed by atoms with Crippen LogP contribution in [0.1, 0.15) is 20.8 Å². The fourth-order valence-corrected chi connectivity index (χ4v) is 3.11. The minimum atomic E-state index is -0.833. The molecule has 0 amide bonds. The van der Waals surface area contributed by atoms with Gasteiger partial charge in [-0.2, -0.15) is 0 Å². The van der Waals surface area contributed by atoms with Gasteiger partial charge in [-0.25, -0.2) is 4.98 Å². The van der Waals surface area contributed by atoms with Crippen molar-refractivity contribution in [1.82, 2.24) is 4.98 Å². The molecule has 0 aliphatic carbocycles. The van der Waals surface area contributed by atoms with Crippen LogP contribution in [0.25, 0.3) is 0 Å². The van der Waals surface area contributed by atoms with E-state index in [0.29, 0.717) is 5.25 Å². The van der Waals surface area contributed by atoms with Crippen molar-refractivity contribution < 1.29 is 9.90 Å². The van der Waals surface area contributed by atoms with E-state index in [1.54, 1.807) is 22.1 Å². The molecule has 14 heavy (non-hydrogen) atoms. The van der Waals surface area contributed by atoms with Crippen LogP contribution in [-0.2, 0) is 4.79 Å². The highest BCUT2D eigenvalue weighted by Crippen LogP contribution is 2.34. The van der Waals surface area contributed by atoms with Gasteiger partial charge in [0, 0.05) is 23.8 Å². The van der Waals surface area contributed by atoms with E-state index in [0.717, 1.165) is 11.3 Å². The first-order valence-corrected chi connectivity index (χ1v) is 7.04. The Labute approximate surface area is 95.7 Å². The number of carbonyl (C=O) groups is 1. The second-order valence-corrected chi connectivity index (χ2v) is 6.46. The van der Waals surface area contributed by atoms with Gasteiger partial charge in [-0.05, 0) is 10.8 Å². The van der Waals surface area contributed by atoms with Crippen molar-refractivity contribution in [3.8, 4) is 0 Å². The quantitative estimate of drug-likeness (QED) is 0.835. The molecule has 0 aromatic carbocycles. The highest BCUT2D eigenvalue weighted by molar-refractivity contribution is 8.77. The summed E-state index contributed by atoms with van der Waals surface area (Å²) in [6.07, 6.45) is 1.84. The molecule has 0 radical (unpaired) electrons. The van der Waals surface area contributed by atoms with Crippen molar-refractivity contribution in [3.63, 3.8) is 0 Å². The van der Waals surface area contributed by atoms with E-state index in [1.807, 2.05) is 22.4 Å². The molecule has 1 heterocycles. The lowest BCUT2D eigenvalue weighted by molar-refractivity contribution is -0.134. The number of carboxylic acid groups (broad SMARTS) is 1. The number of hydrogen-bond acceptors (Lipinski definition) is 5. The maximum atomic E-state index is 9.00. The molecule has 3 nitrogen and oxygen atoms in total. The topological polar surface area (TPSA) is 50.2 Å². The Balaban J connectivity index is 0.000000364. The van der Waals surface area contributed by atoms with Crippen molar-refractivity contribution in [3.05, 3.63) is 11.6 Å². The summed E-state index contributed by atoms with van der Waals surface area (Å²) in [4.78, 5) is 13.1. The number of hydrogen-bond donors (Lipinski definition) is 1. The molecule has 1 N–H and O–H groups in total. The third kappa shape index (κ3) is 9.88. The smallest absolute Gasteiger partial charge is 0.300 e. The summed E-state index contributed by atoms with van der Waals surface area (Å²) in [6.45, 7) is 5.45. The van der Waals surface area contributed by atoms with E-state index < -0.39 is 5.97 Å². The van der Waals surface area contributed by atoms with Gasteiger partial charge in [-0.1, -0.05) is 24.6 Å². The second kappa shape index (κ2) is 8.14. The maximum Gasteiger partial charge on any atom is 0.300 e. The van der Waals surface area contributed by atoms with Crippen LogP contribution in [0, 0.1) is 0 Å². The normalized spacial score (nSPS) is 9.43. The molecule has 1 rings (SSSR count). The first-order chi connectivity index (χ1) is 6.52. The predicted molar refractivity (Wildman–Crippen MR) is 64.0 cm³/mol. The van der Waals surface area contributed by atoms with E-state index in [-0.39, 0.29) is 0 Å². The fraction of sp³-hybridized carbons (Fsp3) is 0.500. The number of rotatable bonds is 3. The summed E-state index contributed by atoms with van der Waals surface area (Å²) in [5, 5.41) is 10.1. The monoisotopic (exact) mass is 251 g/mol. The van der Waals surface area contributed by atoms with Gasteiger partial charge in [0.15, 0.2) is 4.34 Å². The van der Waals surface area contributed by atoms with Crippen LogP contribution in [0.4, 0.5) is 0 Å². The van der Waals surface area contributed by atoms with Gasteiger partial charge in [0.2, 0.25) is 0 Å². The van der Waals surface area contributed by atoms with Crippen molar-refractivity contribution in [2.75, 3.05) is 0 Å². The van der Waals surface area contributed by atoms with Crippen LogP contribution < -0.4 is 0 Å². The third-order valence-corrected chi connectivity index (χ3v) is 4.79. The number of aromatic nitrogens is 1. The van der Waals surface area contributed by atoms with Crippen LogP contribution in [0.5, 0.6) is 0 Å². The van der Waals surface area contributed by atoms with Crippen molar-refractivity contribution in [1.29, 1.82) is 0 Å². The van der Waals surface area contributed by atoms with Crippen LogP contribution >= 0.6 is 32.9 Å². The molecule has 80 valence electrons. The molecule has 0 aliphatic rings. The van der Waals surface area contributed by atoms with Crippen molar-refractivity contribution >= 4 is 38.9 Å². The lowest BCUT2D eigenvalue weighted by Crippen LogP contribution is -1.79. The second-order valence-electron chi connectivity index (χ2n) is 2.55. The summed E-state index contributed by atoms with van der Waals surface area (Å²) in [5.41, 5.74) is 0. The first kappa shape index (κ1) is 13.8. The van der Waals surface area contributed by atoms with Gasteiger partial charge in [0.1, 0.15) is 0 Å². The standard InChI is InChI=1S/C6H9NS3.C2H4O2/c1-5(2)9-10-6-7-3-4-8-6;1-2(3)4/h3-5H,1-2H3;1H3,(H,3,4). The molecule has 0 spiro atoms. The van der Waals surface area contributed by atoms with Gasteiger partial charge in [0.25, 0.3) is 5.97 Å². The minimum absolute atomic E-state index is 0.675. The van der Waals surface area contributed by atoms with Gasteiger partial charge >= 0.3 is 0 Å². The van der Waals surface area contributed by atoms with E-state index in [4.69, 9.17) is 9.90 Å². The van der Waals surface area contributed by atoms with Gasteiger partial charge in [0.05, 0.1) is 0 Å². The molecule has 6 heteroatoms. The van der Waals surface area contributed by atoms with Crippen LogP contribution in [-0.4, -0.2) is 21.3 Å². The molecular formula is C8H13NO2S3. The Morgan fingerprint density at radius 2 is 2.21 bits per heavy atom. The number of nitrogens with zero attached hydrogens (tertiary/aromatic N) is 1. The lowest BCUT2D eigenvalue weighted by Gasteiger charge is -1.98. The summed E-state index contributed by atoms with van der Waals surface area (Å²) in [5.74, 6) is -0.833. The van der Waals surface area contributed by atoms with Crippen LogP contribution in [0.15, 0.2) is 15.9 Å². The van der Waals surface area contributed by atoms with E-state index in [9.17, 15) is 0 Å². The Morgan fingerprint density at radius 3 is 2.57 bits per heavy atom. The zero-order valence-electron chi connectivity index (χ0n) is 8.26. The maximum absolute atomic E-state index is 9.00. The van der Waals surface area contributed by atoms with Gasteiger partial charge in [-0.15, -0.1) is 11.3 Å². The average Bonchev–Trinajstić information content (AvgIpc) is 2.51. The molecule has 0 saturated heterocycles. The highest BCUT2D eigenvalue weighted by atomic mass is 33.1. The SMILES string of the molecule is CC(=O)O.CC(C)SSc1nccs1. The Bertz CT molecular complexity index is 245. The van der Waals surface area contributed by atoms with Crippen LogP contribution in [0.3, 0.4) is 0 Å². The zero-order chi connectivity index (χ0) is 11.0. The number of carboxylic acids is 1. The van der Waals surface area contributed by atoms with Gasteiger partial charge in [-0.3, -0.25) is 4.79 Å². The van der Waals surface area contributed by atoms with E-state index >= 15 is 0 Å². The molecular weight excluding hydrogens is 238 g/mol. The van der Waals surface area contributed by atoms with E-state index in [1.165, 1.54) is 0 Å². The van der Waals surface area contributed by atoms with Crippen molar-refractivity contribution in [2.45, 2.75) is 30.4 Å². The first-order valence-electron chi connectivity index (χ1n) is 3.94. The van der Waals surface area contributed by atoms with E-state index in [2.05, 4.69) is 18.8 Å². The summed E-state index contributed by atoms with van der Waals surface area (Å²) < 4.78 is 1.15. The van der Waals surface area contributed by atoms with Crippen molar-refractivity contribution in [2.24, 2.45) is 0 Å². The molecule has 0 unspecified atom stereocenters. The molecule has 0 aliphatic heterocycles. The molecule has 0 bridgehead atoms. The van der Waals surface area contributed by atoms with Crippen LogP contribution in [0.2, 0.25) is 0 Å². The zero-order valence-corrected chi connectivity index (χ0v) is 10.7. The predicted octanol–water partition coefficient (Wildman–Crippen LogP) is 3.38. The third-order valence-electron chi connectivity index (χ3n) is 0.722. The Morgan fingerprint density at radius 1 is 1.64 bits per heavy atom. The fourth-order valence-electron chi connectivity index (χ4n) is 0.389. The Kier molecular flexibility index (Phi) is 8.02. The average molecular weight is 251 g/mol. The Hall–Kier alpha value is -0.200. The number of aliphatic carboxylic acids is 1. The molecule has 0 saturated carbocycles. The highest BCUT2D eigenvalue weighted by Gasteiger charge is 1.98. The summed E-state index contributed by atoms with van der Waals surface area (Å²) in [6, 6.07) is 0. The number of thiazole rings is 1. The lowest BCUT2D eigenvalue weighted by atomic mass is 10.6. The summed E-state index contributed by atoms with van der Waals surface area (Å²) in [7, 11) is 3.61. The summed E-state index contributed by atoms with van der Waals surface area (Å²) >= 11 is 1.70. The van der Waals surface area contributed by atoms with Gasteiger partial charge < -0.3 is 5.11 Å². The minimum Gasteiger partial charge on any atom is -0.481 e. The largest absolute Gasteiger partial charge is 0.481 e. The molecule has 0 atom stereocenters. The molecule has 1 aromatic heterocycles.